The highest BCUT2D eigenvalue weighted by Gasteiger charge is 2.08. The van der Waals surface area contributed by atoms with Crippen molar-refractivity contribution in [3.05, 3.63) is 59.3 Å². The molecule has 6 nitrogen and oxygen atoms in total. The summed E-state index contributed by atoms with van der Waals surface area (Å²) in [5, 5.41) is 18.2. The van der Waals surface area contributed by atoms with Gasteiger partial charge in [-0.2, -0.15) is 0 Å². The highest BCUT2D eigenvalue weighted by atomic mass is 127. The van der Waals surface area contributed by atoms with Crippen LogP contribution in [0.15, 0.2) is 47.6 Å². The molecule has 0 unspecified atom stereocenters. The van der Waals surface area contributed by atoms with Crippen molar-refractivity contribution < 1.29 is 9.84 Å². The van der Waals surface area contributed by atoms with Crippen molar-refractivity contribution in [1.29, 1.82) is 0 Å². The van der Waals surface area contributed by atoms with Crippen LogP contribution in [0.4, 0.5) is 0 Å². The number of phenolic OH excluding ortho intramolecular Hbond substituents is 1. The number of aryl methyl sites for hydroxylation is 1. The van der Waals surface area contributed by atoms with Crippen LogP contribution in [0.25, 0.3) is 10.9 Å². The number of phenols is 1. The van der Waals surface area contributed by atoms with Gasteiger partial charge < -0.3 is 25.5 Å². The van der Waals surface area contributed by atoms with Crippen molar-refractivity contribution in [2.24, 2.45) is 4.99 Å². The zero-order valence-corrected chi connectivity index (χ0v) is 20.1. The third-order valence-corrected chi connectivity index (χ3v) is 4.98. The number of aromatic amines is 1. The largest absolute Gasteiger partial charge is 0.504 e. The summed E-state index contributed by atoms with van der Waals surface area (Å²) in [6, 6.07) is 11.9. The van der Waals surface area contributed by atoms with E-state index in [4.69, 9.17) is 4.74 Å². The summed E-state index contributed by atoms with van der Waals surface area (Å²) in [5.74, 6) is 1.47. The van der Waals surface area contributed by atoms with Crippen LogP contribution < -0.4 is 15.4 Å². The van der Waals surface area contributed by atoms with Crippen LogP contribution in [-0.4, -0.2) is 42.8 Å². The maximum atomic E-state index is 10.2. The summed E-state index contributed by atoms with van der Waals surface area (Å²) in [6.07, 6.45) is 3.64. The molecule has 0 atom stereocenters. The minimum absolute atomic E-state index is 0. The SMILES string of the molecule is CCNC(=NCCc1cccc(OC)c1O)NCCc1c[nH]c2cccc(C)c12.I. The standard InChI is InChI=1S/C23H30N4O2.HI/c1-4-24-23(25-13-11-17-8-6-10-20(29-3)22(17)28)26-14-12-18-15-27-19-9-5-7-16(2)21(18)19;/h5-10,15,27-28H,4,11-14H2,1-3H3,(H2,24,25,26);1H. The number of nitrogens with one attached hydrogen (secondary N) is 3. The van der Waals surface area contributed by atoms with Gasteiger partial charge in [0.25, 0.3) is 0 Å². The van der Waals surface area contributed by atoms with E-state index in [1.807, 2.05) is 19.1 Å². The third-order valence-electron chi connectivity index (χ3n) is 4.98. The Hall–Kier alpha value is -2.42. The Bertz CT molecular complexity index is 984. The van der Waals surface area contributed by atoms with Crippen molar-refractivity contribution in [2.45, 2.75) is 26.7 Å². The number of hydrogen-bond donors (Lipinski definition) is 4. The molecule has 1 aromatic heterocycles. The van der Waals surface area contributed by atoms with E-state index in [0.717, 1.165) is 31.0 Å². The first-order chi connectivity index (χ1) is 14.1. The molecule has 0 aliphatic heterocycles. The molecule has 162 valence electrons. The lowest BCUT2D eigenvalue weighted by Crippen LogP contribution is -2.38. The molecule has 2 aromatic carbocycles. The van der Waals surface area contributed by atoms with E-state index in [2.05, 4.69) is 51.9 Å². The average molecular weight is 522 g/mol. The van der Waals surface area contributed by atoms with Crippen LogP contribution in [0.5, 0.6) is 11.5 Å². The van der Waals surface area contributed by atoms with Crippen molar-refractivity contribution >= 4 is 40.8 Å². The van der Waals surface area contributed by atoms with Gasteiger partial charge >= 0.3 is 0 Å². The lowest BCUT2D eigenvalue weighted by Gasteiger charge is -2.12. The van der Waals surface area contributed by atoms with Crippen LogP contribution in [-0.2, 0) is 12.8 Å². The van der Waals surface area contributed by atoms with Gasteiger partial charge in [0, 0.05) is 36.7 Å². The fourth-order valence-electron chi connectivity index (χ4n) is 3.53. The van der Waals surface area contributed by atoms with Gasteiger partial charge in [0.2, 0.25) is 0 Å². The molecule has 4 N–H and O–H groups in total. The molecule has 3 aromatic rings. The second kappa shape index (κ2) is 11.7. The molecular formula is C23H31IN4O2. The van der Waals surface area contributed by atoms with Crippen LogP contribution in [0, 0.1) is 6.92 Å². The minimum Gasteiger partial charge on any atom is -0.504 e. The lowest BCUT2D eigenvalue weighted by atomic mass is 10.1. The number of aromatic hydroxyl groups is 1. The second-order valence-corrected chi connectivity index (χ2v) is 6.97. The molecule has 7 heteroatoms. The van der Waals surface area contributed by atoms with Crippen molar-refractivity contribution in [2.75, 3.05) is 26.7 Å². The molecule has 1 heterocycles. The van der Waals surface area contributed by atoms with Gasteiger partial charge in [-0.15, -0.1) is 24.0 Å². The first-order valence-electron chi connectivity index (χ1n) is 10.1. The molecule has 0 bridgehead atoms. The number of fused-ring (bicyclic) bond motifs is 1. The molecule has 0 radical (unpaired) electrons. The predicted octanol–water partition coefficient (Wildman–Crippen LogP) is 4.15. The Kier molecular flexibility index (Phi) is 9.29. The Balaban J connectivity index is 0.00000320. The van der Waals surface area contributed by atoms with Crippen LogP contribution >= 0.6 is 24.0 Å². The Morgan fingerprint density at radius 1 is 1.10 bits per heavy atom. The molecule has 3 rings (SSSR count). The van der Waals surface area contributed by atoms with Gasteiger partial charge in [0.15, 0.2) is 17.5 Å². The summed E-state index contributed by atoms with van der Waals surface area (Å²) < 4.78 is 5.17. The first-order valence-corrected chi connectivity index (χ1v) is 10.1. The van der Waals surface area contributed by atoms with Gasteiger partial charge in [0.05, 0.1) is 7.11 Å². The van der Waals surface area contributed by atoms with Crippen LogP contribution in [0.2, 0.25) is 0 Å². The zero-order valence-electron chi connectivity index (χ0n) is 17.8. The highest BCUT2D eigenvalue weighted by molar-refractivity contribution is 14.0. The van der Waals surface area contributed by atoms with Crippen LogP contribution in [0.1, 0.15) is 23.6 Å². The molecular weight excluding hydrogens is 491 g/mol. The normalized spacial score (nSPS) is 11.2. The van der Waals surface area contributed by atoms with E-state index in [1.165, 1.54) is 22.0 Å². The Morgan fingerprint density at radius 3 is 2.67 bits per heavy atom. The quantitative estimate of drug-likeness (QED) is 0.204. The Labute approximate surface area is 195 Å². The number of aliphatic imine (C=N–C) groups is 1. The number of aromatic nitrogens is 1. The van der Waals surface area contributed by atoms with Gasteiger partial charge in [-0.3, -0.25) is 4.99 Å². The summed E-state index contributed by atoms with van der Waals surface area (Å²) in [5.41, 5.74) is 4.61. The molecule has 0 aliphatic carbocycles. The van der Waals surface area contributed by atoms with Gasteiger partial charge in [0.1, 0.15) is 0 Å². The molecule has 0 fully saturated rings. The van der Waals surface area contributed by atoms with E-state index in [1.54, 1.807) is 13.2 Å². The fourth-order valence-corrected chi connectivity index (χ4v) is 3.53. The predicted molar refractivity (Wildman–Crippen MR) is 134 cm³/mol. The zero-order chi connectivity index (χ0) is 20.6. The third kappa shape index (κ3) is 5.81. The van der Waals surface area contributed by atoms with Crippen molar-refractivity contribution in [3.63, 3.8) is 0 Å². The van der Waals surface area contributed by atoms with Crippen molar-refractivity contribution in [1.82, 2.24) is 15.6 Å². The highest BCUT2D eigenvalue weighted by Crippen LogP contribution is 2.29. The smallest absolute Gasteiger partial charge is 0.191 e. The number of halogens is 1. The number of methoxy groups -OCH3 is 1. The summed E-state index contributed by atoms with van der Waals surface area (Å²) in [4.78, 5) is 7.99. The van der Waals surface area contributed by atoms with Gasteiger partial charge in [-0.25, -0.2) is 0 Å². The average Bonchev–Trinajstić information content (AvgIpc) is 3.14. The molecule has 0 amide bonds. The molecule has 30 heavy (non-hydrogen) atoms. The molecule has 0 saturated carbocycles. The number of ether oxygens (including phenoxy) is 1. The number of nitrogens with zero attached hydrogens (tertiary/aromatic N) is 1. The van der Waals surface area contributed by atoms with E-state index in [9.17, 15) is 5.11 Å². The maximum Gasteiger partial charge on any atom is 0.191 e. The fraction of sp³-hybridized carbons (Fsp3) is 0.348. The molecule has 0 saturated heterocycles. The van der Waals surface area contributed by atoms with Crippen molar-refractivity contribution in [3.8, 4) is 11.5 Å². The second-order valence-electron chi connectivity index (χ2n) is 6.97. The Morgan fingerprint density at radius 2 is 1.90 bits per heavy atom. The van der Waals surface area contributed by atoms with Gasteiger partial charge in [-0.05, 0) is 55.5 Å². The number of hydrogen-bond acceptors (Lipinski definition) is 3. The van der Waals surface area contributed by atoms with Gasteiger partial charge in [-0.1, -0.05) is 24.3 Å². The maximum absolute atomic E-state index is 10.2. The topological polar surface area (TPSA) is 81.7 Å². The summed E-state index contributed by atoms with van der Waals surface area (Å²) >= 11 is 0. The molecule has 0 aliphatic rings. The number of H-pyrrole nitrogens is 1. The van der Waals surface area contributed by atoms with E-state index < -0.39 is 0 Å². The summed E-state index contributed by atoms with van der Waals surface area (Å²) in [7, 11) is 1.55. The minimum atomic E-state index is 0. The number of rotatable bonds is 8. The number of guanidine groups is 1. The lowest BCUT2D eigenvalue weighted by molar-refractivity contribution is 0.370. The molecule has 0 spiro atoms. The first kappa shape index (κ1) is 23.9. The van der Waals surface area contributed by atoms with E-state index >= 15 is 0 Å². The summed E-state index contributed by atoms with van der Waals surface area (Å²) in [6.45, 7) is 6.35. The van der Waals surface area contributed by atoms with E-state index in [-0.39, 0.29) is 29.7 Å². The number of para-hydroxylation sites is 1. The number of benzene rings is 2. The monoisotopic (exact) mass is 522 g/mol. The van der Waals surface area contributed by atoms with E-state index in [0.29, 0.717) is 18.7 Å². The van der Waals surface area contributed by atoms with Crippen LogP contribution in [0.3, 0.4) is 0 Å².